The number of carbonyl (C=O) groups is 6. The monoisotopic (exact) mass is 811 g/mol. The van der Waals surface area contributed by atoms with Gasteiger partial charge in [0.2, 0.25) is 23.6 Å². The number of benzene rings is 1. The normalized spacial score (nSPS) is 17.9. The molecule has 16 nitrogen and oxygen atoms in total. The molecule has 2 heterocycles. The van der Waals surface area contributed by atoms with E-state index in [9.17, 15) is 28.8 Å². The molecule has 1 aromatic carbocycles. The average Bonchev–Trinajstić information content (AvgIpc) is 3.72. The van der Waals surface area contributed by atoms with Gasteiger partial charge in [-0.2, -0.15) is 0 Å². The Labute approximate surface area is 342 Å². The quantitative estimate of drug-likeness (QED) is 0.172. The first kappa shape index (κ1) is 47.4. The summed E-state index contributed by atoms with van der Waals surface area (Å²) in [5.74, 6) is -3.42. The molecule has 1 aliphatic rings. The second-order valence-corrected chi connectivity index (χ2v) is 17.7. The van der Waals surface area contributed by atoms with E-state index in [-0.39, 0.29) is 38.1 Å². The zero-order valence-corrected chi connectivity index (χ0v) is 36.2. The maximum absolute atomic E-state index is 14.5. The van der Waals surface area contributed by atoms with Gasteiger partial charge in [0.05, 0.1) is 25.1 Å². The van der Waals surface area contributed by atoms with Crippen molar-refractivity contribution >= 4 is 35.7 Å². The molecule has 0 radical (unpaired) electrons. The fraction of sp³-hybridized carbons (Fsp3) is 0.643. The van der Waals surface area contributed by atoms with Crippen molar-refractivity contribution in [3.05, 3.63) is 54.1 Å². The van der Waals surface area contributed by atoms with Crippen LogP contribution in [-0.2, 0) is 58.1 Å². The third-order valence-electron chi connectivity index (χ3n) is 9.36. The zero-order chi connectivity index (χ0) is 43.5. The number of nitrogens with one attached hydrogen (secondary N) is 4. The molecule has 4 N–H and O–H groups in total. The Bertz CT molecular complexity index is 1710. The Morgan fingerprint density at radius 1 is 0.828 bits per heavy atom. The topological polar surface area (TPSA) is 199 Å². The van der Waals surface area contributed by atoms with Crippen LogP contribution in [0, 0.1) is 11.8 Å². The number of rotatable bonds is 17. The Balaban J connectivity index is 1.88. The lowest BCUT2D eigenvalue weighted by Gasteiger charge is -2.31. The summed E-state index contributed by atoms with van der Waals surface area (Å²) in [5.41, 5.74) is 0.0298. The van der Waals surface area contributed by atoms with Gasteiger partial charge >= 0.3 is 12.1 Å². The average molecular weight is 812 g/mol. The van der Waals surface area contributed by atoms with E-state index in [0.29, 0.717) is 5.69 Å². The molecule has 0 saturated carbocycles. The van der Waals surface area contributed by atoms with Crippen molar-refractivity contribution in [3.8, 4) is 0 Å². The van der Waals surface area contributed by atoms with Crippen LogP contribution < -0.4 is 21.3 Å². The highest BCUT2D eigenvalue weighted by Crippen LogP contribution is 2.27. The molecule has 6 atom stereocenters. The predicted molar refractivity (Wildman–Crippen MR) is 217 cm³/mol. The summed E-state index contributed by atoms with van der Waals surface area (Å²) >= 11 is 0. The van der Waals surface area contributed by atoms with Crippen LogP contribution >= 0.6 is 0 Å². The highest BCUT2D eigenvalue weighted by molar-refractivity contribution is 5.96. The maximum Gasteiger partial charge on any atom is 0.408 e. The minimum Gasteiger partial charge on any atom is -0.467 e. The Morgan fingerprint density at radius 2 is 1.47 bits per heavy atom. The number of hydrogen-bond acceptors (Lipinski definition) is 10. The summed E-state index contributed by atoms with van der Waals surface area (Å²) in [6.07, 6.45) is 2.44. The lowest BCUT2D eigenvalue weighted by atomic mass is 9.98. The van der Waals surface area contributed by atoms with Crippen LogP contribution in [0.2, 0.25) is 0 Å². The van der Waals surface area contributed by atoms with Crippen molar-refractivity contribution in [1.82, 2.24) is 35.7 Å². The van der Waals surface area contributed by atoms with Gasteiger partial charge in [0.25, 0.3) is 0 Å². The first-order chi connectivity index (χ1) is 27.0. The van der Waals surface area contributed by atoms with Crippen molar-refractivity contribution < 1.29 is 43.0 Å². The van der Waals surface area contributed by atoms with E-state index in [1.54, 1.807) is 58.8 Å². The minimum atomic E-state index is -1.14. The van der Waals surface area contributed by atoms with E-state index in [1.165, 1.54) is 12.0 Å². The molecule has 1 fully saturated rings. The van der Waals surface area contributed by atoms with Crippen molar-refractivity contribution in [2.24, 2.45) is 18.9 Å². The van der Waals surface area contributed by atoms with Crippen molar-refractivity contribution in [2.75, 3.05) is 13.7 Å². The van der Waals surface area contributed by atoms with E-state index in [4.69, 9.17) is 14.2 Å². The zero-order valence-electron chi connectivity index (χ0n) is 36.2. The first-order valence-electron chi connectivity index (χ1n) is 19.9. The standard InChI is InChI=1S/C42H65N7O9/c1-25(2)18-30(35(50)45-32(39(54)56-12)19-27-16-14-13-15-17-27)44-37(52)34(26(3)4)47-36(51)33-21-29(57-41(5,6)7)23-49(33)38(53)31(20-28-22-43-24-48(28)11)46-40(55)58-42(8,9)10/h13-17,22,24-26,29-34H,18-21,23H2,1-12H3,(H,44,52)(H,45,50)(H,46,55)(H,47,51)/t29-,30+,31+,32+,33+,34-/m1/s1. The number of esters is 1. The molecule has 58 heavy (non-hydrogen) atoms. The number of likely N-dealkylation sites (tertiary alicyclic amines) is 1. The van der Waals surface area contributed by atoms with E-state index in [0.717, 1.165) is 5.56 Å². The number of aryl methyl sites for hydroxylation is 1. The lowest BCUT2D eigenvalue weighted by molar-refractivity contribution is -0.145. The molecule has 0 bridgehead atoms. The molecule has 322 valence electrons. The SMILES string of the molecule is COC(=O)[C@H](Cc1ccccc1)NC(=O)[C@H](CC(C)C)NC(=O)[C@H](NC(=O)[C@@H]1C[C@@H](OC(C)(C)C)CN1C(=O)[C@H](Cc1cncn1C)NC(=O)OC(C)(C)C)C(C)C. The van der Waals surface area contributed by atoms with Gasteiger partial charge in [-0.1, -0.05) is 58.0 Å². The molecule has 3 rings (SSSR count). The van der Waals surface area contributed by atoms with Gasteiger partial charge in [-0.05, 0) is 65.4 Å². The highest BCUT2D eigenvalue weighted by atomic mass is 16.6. The molecule has 0 unspecified atom stereocenters. The van der Waals surface area contributed by atoms with E-state index in [2.05, 4.69) is 26.3 Å². The van der Waals surface area contributed by atoms with E-state index < -0.39 is 89.1 Å². The number of hydrogen-bond donors (Lipinski definition) is 4. The van der Waals surface area contributed by atoms with Crippen LogP contribution in [0.15, 0.2) is 42.9 Å². The van der Waals surface area contributed by atoms with Crippen molar-refractivity contribution in [2.45, 2.75) is 142 Å². The fourth-order valence-corrected chi connectivity index (χ4v) is 6.72. The van der Waals surface area contributed by atoms with E-state index in [1.807, 2.05) is 65.0 Å². The van der Waals surface area contributed by atoms with Gasteiger partial charge in [-0.25, -0.2) is 14.6 Å². The fourth-order valence-electron chi connectivity index (χ4n) is 6.72. The first-order valence-corrected chi connectivity index (χ1v) is 19.9. The van der Waals surface area contributed by atoms with Crippen LogP contribution in [0.5, 0.6) is 0 Å². The Morgan fingerprint density at radius 3 is 2.00 bits per heavy atom. The van der Waals surface area contributed by atoms with Gasteiger partial charge in [-0.15, -0.1) is 0 Å². The summed E-state index contributed by atoms with van der Waals surface area (Å²) in [4.78, 5) is 87.9. The number of carbonyl (C=O) groups excluding carboxylic acids is 6. The summed E-state index contributed by atoms with van der Waals surface area (Å²) < 4.78 is 18.5. The number of alkyl carbamates (subject to hydrolysis) is 1. The third-order valence-corrected chi connectivity index (χ3v) is 9.36. The smallest absolute Gasteiger partial charge is 0.408 e. The van der Waals surface area contributed by atoms with E-state index >= 15 is 0 Å². The number of methoxy groups -OCH3 is 1. The molecular weight excluding hydrogens is 747 g/mol. The second kappa shape index (κ2) is 20.6. The number of aromatic nitrogens is 2. The van der Waals surface area contributed by atoms with Crippen molar-refractivity contribution in [3.63, 3.8) is 0 Å². The molecule has 1 aliphatic heterocycles. The van der Waals surface area contributed by atoms with Crippen LogP contribution in [-0.4, -0.2) is 111 Å². The molecule has 0 spiro atoms. The summed E-state index contributed by atoms with van der Waals surface area (Å²) in [7, 11) is 3.01. The lowest BCUT2D eigenvalue weighted by Crippen LogP contribution is -2.60. The van der Waals surface area contributed by atoms with Gasteiger partial charge in [0.15, 0.2) is 0 Å². The summed E-state index contributed by atoms with van der Waals surface area (Å²) in [6.45, 7) is 18.1. The molecule has 5 amide bonds. The number of nitrogens with zero attached hydrogens (tertiary/aromatic N) is 3. The van der Waals surface area contributed by atoms with Gasteiger partial charge < -0.3 is 44.9 Å². The molecule has 2 aromatic rings. The summed E-state index contributed by atoms with van der Waals surface area (Å²) in [6, 6.07) is 3.80. The van der Waals surface area contributed by atoms with Crippen LogP contribution in [0.1, 0.15) is 93.3 Å². The second-order valence-electron chi connectivity index (χ2n) is 17.7. The van der Waals surface area contributed by atoms with Crippen LogP contribution in [0.3, 0.4) is 0 Å². The minimum absolute atomic E-state index is 0.0276. The molecule has 0 aliphatic carbocycles. The Kier molecular flexibility index (Phi) is 16.8. The summed E-state index contributed by atoms with van der Waals surface area (Å²) in [5, 5.41) is 11.1. The predicted octanol–water partition coefficient (Wildman–Crippen LogP) is 3.21. The maximum atomic E-state index is 14.5. The van der Waals surface area contributed by atoms with Crippen LogP contribution in [0.25, 0.3) is 0 Å². The van der Waals surface area contributed by atoms with Gasteiger partial charge in [-0.3, -0.25) is 19.2 Å². The highest BCUT2D eigenvalue weighted by Gasteiger charge is 2.45. The molecule has 1 saturated heterocycles. The van der Waals surface area contributed by atoms with Crippen LogP contribution in [0.4, 0.5) is 4.79 Å². The Hall–Kier alpha value is -4.99. The number of imidazole rings is 1. The van der Waals surface area contributed by atoms with Gasteiger partial charge in [0, 0.05) is 44.7 Å². The molecule has 16 heteroatoms. The largest absolute Gasteiger partial charge is 0.467 e. The molecule has 1 aromatic heterocycles. The number of amides is 5. The third kappa shape index (κ3) is 14.7. The number of ether oxygens (including phenoxy) is 3. The van der Waals surface area contributed by atoms with Crippen molar-refractivity contribution in [1.29, 1.82) is 0 Å². The molecular formula is C42H65N7O9. The van der Waals surface area contributed by atoms with Gasteiger partial charge in [0.1, 0.15) is 35.8 Å².